The van der Waals surface area contributed by atoms with Gasteiger partial charge in [0.05, 0.1) is 12.6 Å². The van der Waals surface area contributed by atoms with Crippen molar-refractivity contribution in [2.75, 3.05) is 0 Å². The number of rotatable bonds is 2. The van der Waals surface area contributed by atoms with Gasteiger partial charge in [-0.2, -0.15) is 4.57 Å². The maximum atomic E-state index is 8.26. The highest BCUT2D eigenvalue weighted by Crippen LogP contribution is 2.33. The molecule has 0 N–H and O–H groups in total. The standard InChI is InChI=1S/C25H22N3/c1-17-9-4-5-11-20(17)25-27(3)21-12-6-7-13-22(21)28(25)24-18(2)14-15-19-10-8-16-26-23(19)24/h4-16H,1-3H3/q+1/i2D3. The van der Waals surface area contributed by atoms with Gasteiger partial charge in [-0.15, -0.1) is 0 Å². The van der Waals surface area contributed by atoms with Gasteiger partial charge in [-0.1, -0.05) is 48.5 Å². The molecule has 3 aromatic carbocycles. The van der Waals surface area contributed by atoms with Crippen LogP contribution in [0.5, 0.6) is 0 Å². The van der Waals surface area contributed by atoms with Crippen molar-refractivity contribution < 1.29 is 8.68 Å². The van der Waals surface area contributed by atoms with Crippen molar-refractivity contribution in [2.24, 2.45) is 7.05 Å². The molecule has 0 amide bonds. The highest BCUT2D eigenvalue weighted by molar-refractivity contribution is 5.91. The summed E-state index contributed by atoms with van der Waals surface area (Å²) in [5.74, 6) is 0.919. The number of aryl methyl sites for hydroxylation is 3. The van der Waals surface area contributed by atoms with Crippen LogP contribution in [0.3, 0.4) is 0 Å². The van der Waals surface area contributed by atoms with Gasteiger partial charge in [0.15, 0.2) is 16.7 Å². The second kappa shape index (κ2) is 6.31. The Kier molecular flexibility index (Phi) is 3.08. The minimum absolute atomic E-state index is 0.287. The minimum Gasteiger partial charge on any atom is -0.252 e. The average molecular weight is 367 g/mol. The number of aromatic nitrogens is 3. The molecule has 0 aliphatic heterocycles. The Bertz CT molecular complexity index is 1450. The van der Waals surface area contributed by atoms with Gasteiger partial charge in [0, 0.05) is 15.7 Å². The SMILES string of the molecule is [2H]C([2H])([2H])c1ccc2cccnc2c1-n1c(-c2ccccc2C)[n+](C)c2ccccc21. The van der Waals surface area contributed by atoms with E-state index in [4.69, 9.17) is 4.11 Å². The van der Waals surface area contributed by atoms with Crippen LogP contribution in [0.1, 0.15) is 15.2 Å². The molecule has 0 spiro atoms. The molecule has 0 atom stereocenters. The van der Waals surface area contributed by atoms with Gasteiger partial charge in [0.25, 0.3) is 5.82 Å². The molecule has 0 aliphatic rings. The predicted octanol–water partition coefficient (Wildman–Crippen LogP) is 5.29. The van der Waals surface area contributed by atoms with Crippen molar-refractivity contribution in [2.45, 2.75) is 13.8 Å². The first-order valence-electron chi connectivity index (χ1n) is 10.8. The van der Waals surface area contributed by atoms with Crippen LogP contribution in [-0.2, 0) is 7.05 Å². The second-order valence-electron chi connectivity index (χ2n) is 7.06. The Morgan fingerprint density at radius 2 is 1.71 bits per heavy atom. The lowest BCUT2D eigenvalue weighted by atomic mass is 10.1. The topological polar surface area (TPSA) is 21.7 Å². The summed E-state index contributed by atoms with van der Waals surface area (Å²) < 4.78 is 29.0. The van der Waals surface area contributed by atoms with Gasteiger partial charge >= 0.3 is 0 Å². The number of nitrogens with zero attached hydrogens (tertiary/aromatic N) is 3. The lowest BCUT2D eigenvalue weighted by molar-refractivity contribution is -0.633. The first-order valence-corrected chi connectivity index (χ1v) is 9.32. The van der Waals surface area contributed by atoms with Crippen LogP contribution < -0.4 is 4.57 Å². The normalized spacial score (nSPS) is 13.4. The summed E-state index contributed by atoms with van der Waals surface area (Å²) in [4.78, 5) is 4.62. The summed E-state index contributed by atoms with van der Waals surface area (Å²) >= 11 is 0. The third kappa shape index (κ3) is 2.36. The number of fused-ring (bicyclic) bond motifs is 2. The van der Waals surface area contributed by atoms with Crippen LogP contribution in [0.25, 0.3) is 39.0 Å². The minimum atomic E-state index is -2.28. The van der Waals surface area contributed by atoms with Crippen molar-refractivity contribution in [1.29, 1.82) is 0 Å². The highest BCUT2D eigenvalue weighted by atomic mass is 15.2. The fraction of sp³-hybridized carbons (Fsp3) is 0.120. The average Bonchev–Trinajstić information content (AvgIpc) is 3.05. The number of para-hydroxylation sites is 2. The maximum absolute atomic E-state index is 8.26. The van der Waals surface area contributed by atoms with Crippen molar-refractivity contribution in [3.63, 3.8) is 0 Å². The molecule has 5 rings (SSSR count). The molecule has 0 fully saturated rings. The van der Waals surface area contributed by atoms with Crippen LogP contribution in [0.15, 0.2) is 79.0 Å². The van der Waals surface area contributed by atoms with E-state index in [0.29, 0.717) is 11.2 Å². The summed E-state index contributed by atoms with van der Waals surface area (Å²) in [5.41, 5.74) is 5.68. The summed E-state index contributed by atoms with van der Waals surface area (Å²) in [6.45, 7) is -0.211. The van der Waals surface area contributed by atoms with Crippen molar-refractivity contribution >= 4 is 21.9 Å². The molecule has 0 saturated carbocycles. The number of pyridine rings is 1. The van der Waals surface area contributed by atoms with Gasteiger partial charge in [0.2, 0.25) is 0 Å². The van der Waals surface area contributed by atoms with Gasteiger partial charge in [-0.25, -0.2) is 4.57 Å². The van der Waals surface area contributed by atoms with Crippen molar-refractivity contribution in [1.82, 2.24) is 9.55 Å². The quantitative estimate of drug-likeness (QED) is 0.389. The molecule has 0 aliphatic carbocycles. The van der Waals surface area contributed by atoms with Crippen molar-refractivity contribution in [3.05, 3.63) is 90.1 Å². The van der Waals surface area contributed by atoms with E-state index in [9.17, 15) is 0 Å². The third-order valence-electron chi connectivity index (χ3n) is 5.37. The van der Waals surface area contributed by atoms with E-state index in [2.05, 4.69) is 39.2 Å². The molecule has 0 bridgehead atoms. The Balaban J connectivity index is 2.04. The number of hydrogen-bond acceptors (Lipinski definition) is 1. The maximum Gasteiger partial charge on any atom is 0.295 e. The van der Waals surface area contributed by atoms with Crippen LogP contribution in [0, 0.1) is 13.8 Å². The zero-order chi connectivity index (χ0) is 21.8. The van der Waals surface area contributed by atoms with Crippen LogP contribution in [0.4, 0.5) is 0 Å². The lowest BCUT2D eigenvalue weighted by Gasteiger charge is -2.10. The van der Waals surface area contributed by atoms with Crippen LogP contribution in [0.2, 0.25) is 0 Å². The molecular formula is C25H22N3+. The lowest BCUT2D eigenvalue weighted by Crippen LogP contribution is -2.30. The summed E-state index contributed by atoms with van der Waals surface area (Å²) in [6, 6.07) is 23.6. The summed E-state index contributed by atoms with van der Waals surface area (Å²) in [7, 11) is 2.02. The van der Waals surface area contributed by atoms with E-state index in [-0.39, 0.29) is 5.56 Å². The van der Waals surface area contributed by atoms with Crippen LogP contribution >= 0.6 is 0 Å². The zero-order valence-electron chi connectivity index (χ0n) is 18.8. The van der Waals surface area contributed by atoms with Gasteiger partial charge in [-0.05, 0) is 49.2 Å². The van der Waals surface area contributed by atoms with E-state index >= 15 is 0 Å². The molecule has 0 unspecified atom stereocenters. The van der Waals surface area contributed by atoms with Gasteiger partial charge in [0.1, 0.15) is 5.52 Å². The fourth-order valence-corrected chi connectivity index (χ4v) is 4.02. The Hall–Kier alpha value is -3.46. The summed E-state index contributed by atoms with van der Waals surface area (Å²) in [5, 5.41) is 0.904. The highest BCUT2D eigenvalue weighted by Gasteiger charge is 2.29. The van der Waals surface area contributed by atoms with E-state index in [1.165, 1.54) is 0 Å². The monoisotopic (exact) mass is 367 g/mol. The largest absolute Gasteiger partial charge is 0.295 e. The molecule has 5 aromatic rings. The molecule has 3 heteroatoms. The van der Waals surface area contributed by atoms with Gasteiger partial charge < -0.3 is 0 Å². The number of hydrogen-bond donors (Lipinski definition) is 0. The number of benzene rings is 3. The second-order valence-corrected chi connectivity index (χ2v) is 7.06. The van der Waals surface area contributed by atoms with Crippen LogP contribution in [-0.4, -0.2) is 9.55 Å². The molecule has 136 valence electrons. The molecule has 28 heavy (non-hydrogen) atoms. The molecule has 2 aromatic heterocycles. The van der Waals surface area contributed by atoms with Crippen molar-refractivity contribution in [3.8, 4) is 17.1 Å². The molecule has 2 heterocycles. The third-order valence-corrected chi connectivity index (χ3v) is 5.37. The molecule has 3 nitrogen and oxygen atoms in total. The zero-order valence-corrected chi connectivity index (χ0v) is 15.8. The van der Waals surface area contributed by atoms with E-state index in [0.717, 1.165) is 33.4 Å². The Labute approximate surface area is 168 Å². The predicted molar refractivity (Wildman–Crippen MR) is 115 cm³/mol. The Morgan fingerprint density at radius 3 is 2.57 bits per heavy atom. The van der Waals surface area contributed by atoms with E-state index in [1.807, 2.05) is 55.6 Å². The fourth-order valence-electron chi connectivity index (χ4n) is 4.02. The van der Waals surface area contributed by atoms with Gasteiger partial charge in [-0.3, -0.25) is 4.98 Å². The smallest absolute Gasteiger partial charge is 0.252 e. The first-order chi connectivity index (χ1) is 14.9. The molecule has 0 radical (unpaired) electrons. The Morgan fingerprint density at radius 1 is 0.893 bits per heavy atom. The number of imidazole rings is 1. The van der Waals surface area contributed by atoms with E-state index < -0.39 is 6.85 Å². The first kappa shape index (κ1) is 13.7. The molecular weight excluding hydrogens is 342 g/mol. The summed E-state index contributed by atoms with van der Waals surface area (Å²) in [6.07, 6.45) is 1.72. The van der Waals surface area contributed by atoms with E-state index in [1.54, 1.807) is 12.3 Å². The molecule has 0 saturated heterocycles.